The van der Waals surface area contributed by atoms with Crippen molar-refractivity contribution >= 4 is 52.6 Å². The average molecular weight is 903 g/mol. The molecule has 4 N–H and O–H groups in total. The smallest absolute Gasteiger partial charge is 0.408 e. The SMILES string of the molecule is COc1ccc2c(O[C@@H]3C[C@H]4C(=O)N[C@]5(P(=O)(O)Cc6ccccc6F)C[C@H]5C=CCCCCC[C@H](NC(=O)OC5CCCC5)C(=O)N4C3)cc(-c3csc(NC(C)C)n3)nc2c1. The number of pyridine rings is 1. The number of halogens is 1. The number of alkyl carbamates (subject to hydrolysis) is 1. The summed E-state index contributed by atoms with van der Waals surface area (Å²) in [7, 11) is -2.75. The second-order valence-electron chi connectivity index (χ2n) is 17.5. The van der Waals surface area contributed by atoms with E-state index in [1.54, 1.807) is 31.4 Å². The lowest BCUT2D eigenvalue weighted by atomic mass is 10.0. The van der Waals surface area contributed by atoms with Crippen LogP contribution in [-0.4, -0.2) is 86.9 Å². The van der Waals surface area contributed by atoms with Gasteiger partial charge in [-0.1, -0.05) is 43.2 Å². The van der Waals surface area contributed by atoms with Gasteiger partial charge in [-0.15, -0.1) is 11.3 Å². The molecular formula is C46H56FN6O8PS. The summed E-state index contributed by atoms with van der Waals surface area (Å²) in [6, 6.07) is 11.1. The van der Waals surface area contributed by atoms with Crippen molar-refractivity contribution in [2.24, 2.45) is 5.92 Å². The maximum Gasteiger partial charge on any atom is 0.408 e. The van der Waals surface area contributed by atoms with Gasteiger partial charge in [-0.2, -0.15) is 0 Å². The number of benzene rings is 2. The Kier molecular flexibility index (Phi) is 13.4. The van der Waals surface area contributed by atoms with Crippen molar-refractivity contribution in [2.45, 2.75) is 126 Å². The molecule has 4 aromatic rings. The maximum absolute atomic E-state index is 14.9. The molecule has 2 aliphatic carbocycles. The number of thiazole rings is 1. The highest BCUT2D eigenvalue weighted by atomic mass is 32.1. The Morgan fingerprint density at radius 2 is 1.84 bits per heavy atom. The number of fused-ring (bicyclic) bond motifs is 3. The summed E-state index contributed by atoms with van der Waals surface area (Å²) < 4.78 is 47.5. The van der Waals surface area contributed by atoms with E-state index in [0.29, 0.717) is 53.1 Å². The molecule has 2 aromatic carbocycles. The summed E-state index contributed by atoms with van der Waals surface area (Å²) in [5.74, 6) is -1.15. The van der Waals surface area contributed by atoms with Gasteiger partial charge in [-0.3, -0.25) is 14.2 Å². The van der Waals surface area contributed by atoms with Crippen molar-refractivity contribution in [3.05, 3.63) is 77.4 Å². The zero-order valence-electron chi connectivity index (χ0n) is 35.9. The van der Waals surface area contributed by atoms with E-state index < -0.39 is 66.6 Å². The molecule has 17 heteroatoms. The van der Waals surface area contributed by atoms with Crippen LogP contribution in [0.15, 0.2) is 66.1 Å². The molecule has 3 fully saturated rings. The summed E-state index contributed by atoms with van der Waals surface area (Å²) >= 11 is 1.46. The predicted molar refractivity (Wildman–Crippen MR) is 239 cm³/mol. The molecular weight excluding hydrogens is 847 g/mol. The first-order chi connectivity index (χ1) is 30.3. The number of ether oxygens (including phenoxy) is 3. The van der Waals surface area contributed by atoms with E-state index in [-0.39, 0.29) is 37.1 Å². The van der Waals surface area contributed by atoms with Crippen molar-refractivity contribution in [2.75, 3.05) is 19.0 Å². The molecule has 1 saturated heterocycles. The number of aromatic nitrogens is 2. The van der Waals surface area contributed by atoms with Gasteiger partial charge in [0.15, 0.2) is 5.13 Å². The highest BCUT2D eigenvalue weighted by Gasteiger charge is 2.66. The fraction of sp³-hybridized carbons (Fsp3) is 0.500. The fourth-order valence-electron chi connectivity index (χ4n) is 9.06. The molecule has 8 rings (SSSR count). The molecule has 4 heterocycles. The third-order valence-corrected chi connectivity index (χ3v) is 15.9. The number of amides is 3. The second-order valence-corrected chi connectivity index (χ2v) is 20.8. The molecule has 2 saturated carbocycles. The van der Waals surface area contributed by atoms with Crippen LogP contribution in [0.1, 0.15) is 90.0 Å². The van der Waals surface area contributed by atoms with Gasteiger partial charge < -0.3 is 40.0 Å². The number of allylic oxidation sites excluding steroid dienone is 1. The lowest BCUT2D eigenvalue weighted by molar-refractivity contribution is -0.140. The topological polar surface area (TPSA) is 181 Å². The van der Waals surface area contributed by atoms with Crippen LogP contribution in [-0.2, 0) is 25.1 Å². The van der Waals surface area contributed by atoms with Crippen LogP contribution in [0, 0.1) is 11.7 Å². The largest absolute Gasteiger partial charge is 0.497 e. The molecule has 0 bridgehead atoms. The van der Waals surface area contributed by atoms with Crippen LogP contribution in [0.4, 0.5) is 14.3 Å². The number of nitrogens with one attached hydrogen (secondary N) is 3. The number of hydrogen-bond donors (Lipinski definition) is 4. The molecule has 1 unspecified atom stereocenters. The Bertz CT molecular complexity index is 2410. The van der Waals surface area contributed by atoms with Crippen molar-refractivity contribution in [3.63, 3.8) is 0 Å². The van der Waals surface area contributed by atoms with E-state index in [2.05, 4.69) is 16.0 Å². The summed E-state index contributed by atoms with van der Waals surface area (Å²) in [5, 5.41) is 10.9. The average Bonchev–Trinajstić information content (AvgIpc) is 3.66. The van der Waals surface area contributed by atoms with Crippen LogP contribution in [0.3, 0.4) is 0 Å². The minimum atomic E-state index is -4.33. The Balaban J connectivity index is 1.13. The van der Waals surface area contributed by atoms with E-state index in [1.807, 2.05) is 37.4 Å². The van der Waals surface area contributed by atoms with Gasteiger partial charge in [0.1, 0.15) is 52.6 Å². The molecule has 14 nitrogen and oxygen atoms in total. The Hall–Kier alpha value is -5.05. The molecule has 3 amide bonds. The quantitative estimate of drug-likeness (QED) is 0.0837. The molecule has 6 atom stereocenters. The zero-order valence-corrected chi connectivity index (χ0v) is 37.6. The number of hydrogen-bond acceptors (Lipinski definition) is 11. The van der Waals surface area contributed by atoms with Gasteiger partial charge in [0, 0.05) is 41.3 Å². The molecule has 2 aliphatic heterocycles. The van der Waals surface area contributed by atoms with Gasteiger partial charge in [0.05, 0.1) is 31.0 Å². The van der Waals surface area contributed by atoms with Crippen molar-refractivity contribution in [1.29, 1.82) is 0 Å². The lowest BCUT2D eigenvalue weighted by Crippen LogP contribution is -2.55. The first-order valence-electron chi connectivity index (χ1n) is 22.0. The van der Waals surface area contributed by atoms with Gasteiger partial charge >= 0.3 is 6.09 Å². The summed E-state index contributed by atoms with van der Waals surface area (Å²) in [5.41, 5.74) is 1.85. The van der Waals surface area contributed by atoms with E-state index >= 15 is 0 Å². The van der Waals surface area contributed by atoms with Crippen molar-refractivity contribution in [3.8, 4) is 22.9 Å². The number of carbonyl (C=O) groups excluding carboxylic acids is 3. The Labute approximate surface area is 370 Å². The van der Waals surface area contributed by atoms with Crippen LogP contribution in [0.5, 0.6) is 11.5 Å². The third-order valence-electron chi connectivity index (χ3n) is 12.5. The highest BCUT2D eigenvalue weighted by Crippen LogP contribution is 2.71. The van der Waals surface area contributed by atoms with Crippen molar-refractivity contribution < 1.29 is 42.4 Å². The first-order valence-corrected chi connectivity index (χ1v) is 24.7. The van der Waals surface area contributed by atoms with Crippen LogP contribution < -0.4 is 25.4 Å². The predicted octanol–water partition coefficient (Wildman–Crippen LogP) is 8.54. The Morgan fingerprint density at radius 1 is 1.05 bits per heavy atom. The van der Waals surface area contributed by atoms with E-state index in [0.717, 1.165) is 43.7 Å². The zero-order chi connectivity index (χ0) is 44.3. The number of methoxy groups -OCH3 is 1. The lowest BCUT2D eigenvalue weighted by Gasteiger charge is -2.31. The van der Waals surface area contributed by atoms with Crippen LogP contribution in [0.2, 0.25) is 0 Å². The van der Waals surface area contributed by atoms with Crippen molar-refractivity contribution in [1.82, 2.24) is 25.5 Å². The third kappa shape index (κ3) is 10.0. The Morgan fingerprint density at radius 3 is 2.62 bits per heavy atom. The van der Waals surface area contributed by atoms with Gasteiger partial charge in [0.25, 0.3) is 0 Å². The number of nitrogens with zero attached hydrogens (tertiary/aromatic N) is 3. The van der Waals surface area contributed by atoms with Crippen LogP contribution in [0.25, 0.3) is 22.3 Å². The standard InChI is InChI=1S/C46H56FN6O8PS/c1-28(2)48-44-50-39(27-63-44)38-23-41(34-20-19-32(59-3)21-37(34)49-38)60-33-22-40-42(54)52-46(62(57,58)26-29-13-9-12-17-35(29)47)24-30(46)14-7-5-4-6-8-18-36(43(55)53(40)25-33)51-45(56)61-31-15-10-11-16-31/h7,9,12-14,17,19-21,23,27-28,30-31,33,36,40H,4-6,8,10-11,15-16,18,22,24-26H2,1-3H3,(H,48,50)(H,51,56)(H,52,54)(H,57,58)/t30-,33-,36+,40+,46+/m1/s1. The molecule has 0 spiro atoms. The van der Waals surface area contributed by atoms with Gasteiger partial charge in [-0.25, -0.2) is 19.2 Å². The van der Waals surface area contributed by atoms with Crippen LogP contribution >= 0.6 is 18.7 Å². The minimum absolute atomic E-state index is 0.0242. The molecule has 2 aromatic heterocycles. The molecule has 4 aliphatic rings. The van der Waals surface area contributed by atoms with Gasteiger partial charge in [0.2, 0.25) is 19.2 Å². The molecule has 0 radical (unpaired) electrons. The minimum Gasteiger partial charge on any atom is -0.497 e. The van der Waals surface area contributed by atoms with E-state index in [4.69, 9.17) is 24.2 Å². The maximum atomic E-state index is 14.9. The number of anilines is 1. The van der Waals surface area contributed by atoms with E-state index in [1.165, 1.54) is 34.4 Å². The number of rotatable bonds is 11. The van der Waals surface area contributed by atoms with Gasteiger partial charge in [-0.05, 0) is 89.0 Å². The fourth-order valence-corrected chi connectivity index (χ4v) is 12.3. The molecule has 336 valence electrons. The van der Waals surface area contributed by atoms with E-state index in [9.17, 15) is 28.2 Å². The summed E-state index contributed by atoms with van der Waals surface area (Å²) in [4.78, 5) is 65.9. The molecule has 63 heavy (non-hydrogen) atoms. The monoisotopic (exact) mass is 902 g/mol. The first kappa shape index (κ1) is 44.6. The summed E-state index contributed by atoms with van der Waals surface area (Å²) in [6.45, 7) is 4.04. The second kappa shape index (κ2) is 19.0. The highest BCUT2D eigenvalue weighted by molar-refractivity contribution is 7.59. The summed E-state index contributed by atoms with van der Waals surface area (Å²) in [6.07, 6.45) is 8.57. The number of carbonyl (C=O) groups is 3. The normalized spacial score (nSPS) is 25.3.